The monoisotopic (exact) mass is 354 g/mol. The van der Waals surface area contributed by atoms with Crippen molar-refractivity contribution in [3.8, 4) is 5.75 Å². The Morgan fingerprint density at radius 1 is 1.08 bits per heavy atom. The van der Waals surface area contributed by atoms with Gasteiger partial charge in [0.1, 0.15) is 5.75 Å². The van der Waals surface area contributed by atoms with Crippen molar-refractivity contribution < 1.29 is 14.3 Å². The van der Waals surface area contributed by atoms with Gasteiger partial charge in [0, 0.05) is 56.6 Å². The standard InChI is InChI=1S/C19H22N4O3/c1-21-14-15(13-20-21)3-8-18(24)22-9-11-23(12-10-22)19(25)16-4-6-17(26-2)7-5-16/h3-8,13-14H,9-12H2,1-2H3/b8-3+. The van der Waals surface area contributed by atoms with Gasteiger partial charge in [-0.2, -0.15) is 5.10 Å². The summed E-state index contributed by atoms with van der Waals surface area (Å²) in [5, 5.41) is 4.06. The number of methoxy groups -OCH3 is 1. The normalized spacial score (nSPS) is 14.7. The number of carbonyl (C=O) groups excluding carboxylic acids is 2. The van der Waals surface area contributed by atoms with E-state index in [0.29, 0.717) is 31.7 Å². The molecule has 2 heterocycles. The van der Waals surface area contributed by atoms with Gasteiger partial charge in [-0.15, -0.1) is 0 Å². The number of ether oxygens (including phenoxy) is 1. The lowest BCUT2D eigenvalue weighted by molar-refractivity contribution is -0.127. The summed E-state index contributed by atoms with van der Waals surface area (Å²) < 4.78 is 6.80. The van der Waals surface area contributed by atoms with Gasteiger partial charge in [0.15, 0.2) is 0 Å². The van der Waals surface area contributed by atoms with Crippen molar-refractivity contribution in [2.75, 3.05) is 33.3 Å². The van der Waals surface area contributed by atoms with Gasteiger partial charge in [0.25, 0.3) is 5.91 Å². The Morgan fingerprint density at radius 2 is 1.73 bits per heavy atom. The molecule has 1 aliphatic rings. The lowest BCUT2D eigenvalue weighted by atomic mass is 10.1. The van der Waals surface area contributed by atoms with Gasteiger partial charge in [-0.05, 0) is 30.3 Å². The molecule has 0 saturated carbocycles. The van der Waals surface area contributed by atoms with Gasteiger partial charge in [0.05, 0.1) is 13.3 Å². The first-order valence-electron chi connectivity index (χ1n) is 8.46. The highest BCUT2D eigenvalue weighted by molar-refractivity contribution is 5.95. The van der Waals surface area contributed by atoms with Crippen molar-refractivity contribution in [3.05, 3.63) is 53.9 Å². The van der Waals surface area contributed by atoms with Crippen LogP contribution in [0.2, 0.25) is 0 Å². The van der Waals surface area contributed by atoms with E-state index >= 15 is 0 Å². The summed E-state index contributed by atoms with van der Waals surface area (Å²) in [7, 11) is 3.42. The molecule has 2 aromatic rings. The third-order valence-electron chi connectivity index (χ3n) is 4.36. The first-order valence-corrected chi connectivity index (χ1v) is 8.46. The highest BCUT2D eigenvalue weighted by Gasteiger charge is 2.23. The number of aromatic nitrogens is 2. The average Bonchev–Trinajstić information content (AvgIpc) is 3.11. The quantitative estimate of drug-likeness (QED) is 0.779. The molecule has 0 aliphatic carbocycles. The molecule has 0 atom stereocenters. The van der Waals surface area contributed by atoms with E-state index in [1.807, 2.05) is 13.2 Å². The van der Waals surface area contributed by atoms with Crippen LogP contribution in [0.1, 0.15) is 15.9 Å². The number of amides is 2. The first kappa shape index (κ1) is 17.7. The fourth-order valence-corrected chi connectivity index (χ4v) is 2.85. The molecule has 1 aromatic heterocycles. The van der Waals surface area contributed by atoms with Gasteiger partial charge in [0.2, 0.25) is 5.91 Å². The van der Waals surface area contributed by atoms with Crippen LogP contribution in [0.4, 0.5) is 0 Å². The fourth-order valence-electron chi connectivity index (χ4n) is 2.85. The first-order chi connectivity index (χ1) is 12.6. The summed E-state index contributed by atoms with van der Waals surface area (Å²) in [6.07, 6.45) is 6.85. The minimum absolute atomic E-state index is 0.0225. The van der Waals surface area contributed by atoms with E-state index in [9.17, 15) is 9.59 Å². The van der Waals surface area contributed by atoms with Crippen LogP contribution >= 0.6 is 0 Å². The smallest absolute Gasteiger partial charge is 0.253 e. The molecule has 0 bridgehead atoms. The van der Waals surface area contributed by atoms with Crippen LogP contribution in [0.5, 0.6) is 5.75 Å². The molecule has 0 N–H and O–H groups in total. The van der Waals surface area contributed by atoms with E-state index in [0.717, 1.165) is 11.3 Å². The fraction of sp³-hybridized carbons (Fsp3) is 0.316. The maximum Gasteiger partial charge on any atom is 0.253 e. The average molecular weight is 354 g/mol. The van der Waals surface area contributed by atoms with Crippen molar-refractivity contribution >= 4 is 17.9 Å². The van der Waals surface area contributed by atoms with Crippen LogP contribution in [0, 0.1) is 0 Å². The SMILES string of the molecule is COc1ccc(C(=O)N2CCN(C(=O)/C=C/c3cnn(C)c3)CC2)cc1. The summed E-state index contributed by atoms with van der Waals surface area (Å²) in [5.41, 5.74) is 1.51. The molecule has 1 fully saturated rings. The molecule has 136 valence electrons. The van der Waals surface area contributed by atoms with Crippen LogP contribution in [0.25, 0.3) is 6.08 Å². The molecular formula is C19H22N4O3. The zero-order chi connectivity index (χ0) is 18.5. The molecule has 7 heteroatoms. The summed E-state index contributed by atoms with van der Waals surface area (Å²) in [6.45, 7) is 2.10. The van der Waals surface area contributed by atoms with Gasteiger partial charge >= 0.3 is 0 Å². The molecule has 2 amide bonds. The van der Waals surface area contributed by atoms with Crippen molar-refractivity contribution in [1.29, 1.82) is 0 Å². The summed E-state index contributed by atoms with van der Waals surface area (Å²) in [6, 6.07) is 7.07. The Hall–Kier alpha value is -3.09. The molecule has 0 unspecified atom stereocenters. The lowest BCUT2D eigenvalue weighted by Crippen LogP contribution is -2.50. The Bertz CT molecular complexity index is 802. The van der Waals surface area contributed by atoms with Crippen LogP contribution in [0.15, 0.2) is 42.7 Å². The number of piperazine rings is 1. The van der Waals surface area contributed by atoms with Crippen molar-refractivity contribution in [1.82, 2.24) is 19.6 Å². The van der Waals surface area contributed by atoms with Crippen LogP contribution < -0.4 is 4.74 Å². The number of benzene rings is 1. The molecule has 1 aromatic carbocycles. The Labute approximate surface area is 152 Å². The van der Waals surface area contributed by atoms with E-state index in [1.165, 1.54) is 0 Å². The second-order valence-corrected chi connectivity index (χ2v) is 6.13. The second-order valence-electron chi connectivity index (χ2n) is 6.13. The van der Waals surface area contributed by atoms with Gasteiger partial charge in [-0.1, -0.05) is 0 Å². The van der Waals surface area contributed by atoms with Crippen molar-refractivity contribution in [3.63, 3.8) is 0 Å². The number of rotatable bonds is 4. The van der Waals surface area contributed by atoms with Gasteiger partial charge < -0.3 is 14.5 Å². The Balaban J connectivity index is 1.53. The van der Waals surface area contributed by atoms with Crippen LogP contribution in [-0.4, -0.2) is 64.7 Å². The number of aryl methyl sites for hydroxylation is 1. The number of carbonyl (C=O) groups is 2. The third kappa shape index (κ3) is 4.11. The summed E-state index contributed by atoms with van der Waals surface area (Å²) >= 11 is 0. The van der Waals surface area contributed by atoms with E-state index in [2.05, 4.69) is 5.10 Å². The van der Waals surface area contributed by atoms with Gasteiger partial charge in [-0.25, -0.2) is 0 Å². The minimum Gasteiger partial charge on any atom is -0.497 e. The van der Waals surface area contributed by atoms with Crippen LogP contribution in [-0.2, 0) is 11.8 Å². The molecule has 0 radical (unpaired) electrons. The summed E-state index contributed by atoms with van der Waals surface area (Å²) in [4.78, 5) is 28.4. The highest BCUT2D eigenvalue weighted by Crippen LogP contribution is 2.14. The van der Waals surface area contributed by atoms with E-state index in [1.54, 1.807) is 64.2 Å². The maximum absolute atomic E-state index is 12.5. The molecule has 3 rings (SSSR count). The zero-order valence-electron chi connectivity index (χ0n) is 15.0. The predicted octanol–water partition coefficient (Wildman–Crippen LogP) is 1.43. The predicted molar refractivity (Wildman–Crippen MR) is 97.7 cm³/mol. The summed E-state index contributed by atoms with van der Waals surface area (Å²) in [5.74, 6) is 0.647. The lowest BCUT2D eigenvalue weighted by Gasteiger charge is -2.34. The third-order valence-corrected chi connectivity index (χ3v) is 4.36. The van der Waals surface area contributed by atoms with E-state index in [4.69, 9.17) is 4.74 Å². The van der Waals surface area contributed by atoms with Crippen molar-refractivity contribution in [2.24, 2.45) is 7.05 Å². The minimum atomic E-state index is -0.0506. The largest absolute Gasteiger partial charge is 0.497 e. The molecule has 0 spiro atoms. The highest BCUT2D eigenvalue weighted by atomic mass is 16.5. The number of hydrogen-bond donors (Lipinski definition) is 0. The Morgan fingerprint density at radius 3 is 2.31 bits per heavy atom. The van der Waals surface area contributed by atoms with E-state index < -0.39 is 0 Å². The maximum atomic E-state index is 12.5. The Kier molecular flexibility index (Phi) is 5.36. The molecule has 7 nitrogen and oxygen atoms in total. The second kappa shape index (κ2) is 7.86. The zero-order valence-corrected chi connectivity index (χ0v) is 15.0. The number of hydrogen-bond acceptors (Lipinski definition) is 4. The van der Waals surface area contributed by atoms with Crippen molar-refractivity contribution in [2.45, 2.75) is 0 Å². The topological polar surface area (TPSA) is 67.7 Å². The van der Waals surface area contributed by atoms with Gasteiger partial charge in [-0.3, -0.25) is 14.3 Å². The molecular weight excluding hydrogens is 332 g/mol. The molecule has 26 heavy (non-hydrogen) atoms. The van der Waals surface area contributed by atoms with Crippen LogP contribution in [0.3, 0.4) is 0 Å². The number of nitrogens with zero attached hydrogens (tertiary/aromatic N) is 4. The molecule has 1 saturated heterocycles. The van der Waals surface area contributed by atoms with E-state index in [-0.39, 0.29) is 11.8 Å². The molecule has 1 aliphatic heterocycles.